The number of fused-ring (bicyclic) bond motifs is 1. The van der Waals surface area contributed by atoms with Crippen molar-refractivity contribution in [1.29, 1.82) is 0 Å². The Morgan fingerprint density at radius 3 is 3.00 bits per heavy atom. The normalized spacial score (nSPS) is 17.6. The fourth-order valence-electron chi connectivity index (χ4n) is 1.70. The SMILES string of the molecule is Nc1ccc2nc(NC3(CO)CC3)sc2c1. The van der Waals surface area contributed by atoms with Crippen LogP contribution in [0.4, 0.5) is 10.8 Å². The topological polar surface area (TPSA) is 71.2 Å². The van der Waals surface area contributed by atoms with E-state index in [0.717, 1.165) is 33.9 Å². The van der Waals surface area contributed by atoms with Crippen LogP contribution in [0, 0.1) is 0 Å². The van der Waals surface area contributed by atoms with Crippen molar-refractivity contribution in [3.05, 3.63) is 18.2 Å². The summed E-state index contributed by atoms with van der Waals surface area (Å²) in [5.41, 5.74) is 7.32. The maximum absolute atomic E-state index is 9.23. The summed E-state index contributed by atoms with van der Waals surface area (Å²) in [5, 5.41) is 13.4. The molecule has 0 unspecified atom stereocenters. The Labute approximate surface area is 97.1 Å². The van der Waals surface area contributed by atoms with Crippen LogP contribution in [0.2, 0.25) is 0 Å². The highest BCUT2D eigenvalue weighted by Crippen LogP contribution is 2.40. The monoisotopic (exact) mass is 235 g/mol. The molecule has 2 aromatic rings. The number of benzene rings is 1. The van der Waals surface area contributed by atoms with Crippen LogP contribution in [0.1, 0.15) is 12.8 Å². The number of nitrogen functional groups attached to an aromatic ring is 1. The fourth-order valence-corrected chi connectivity index (χ4v) is 2.73. The molecule has 1 aliphatic carbocycles. The zero-order valence-electron chi connectivity index (χ0n) is 8.73. The lowest BCUT2D eigenvalue weighted by Gasteiger charge is -2.11. The number of rotatable bonds is 3. The van der Waals surface area contributed by atoms with Crippen molar-refractivity contribution < 1.29 is 5.11 Å². The lowest BCUT2D eigenvalue weighted by molar-refractivity contribution is 0.266. The Balaban J connectivity index is 1.93. The van der Waals surface area contributed by atoms with E-state index in [9.17, 15) is 5.11 Å². The molecule has 0 spiro atoms. The molecule has 1 aromatic carbocycles. The number of hydrogen-bond acceptors (Lipinski definition) is 5. The van der Waals surface area contributed by atoms with Crippen LogP contribution in [0.3, 0.4) is 0 Å². The minimum absolute atomic E-state index is 0.112. The predicted molar refractivity (Wildman–Crippen MR) is 66.7 cm³/mol. The summed E-state index contributed by atoms with van der Waals surface area (Å²) in [6.07, 6.45) is 2.03. The first-order valence-electron chi connectivity index (χ1n) is 5.26. The standard InChI is InChI=1S/C11H13N3OS/c12-7-1-2-8-9(5-7)16-10(13-8)14-11(6-15)3-4-11/h1-2,5,15H,3-4,6,12H2,(H,13,14). The van der Waals surface area contributed by atoms with Gasteiger partial charge in [-0.3, -0.25) is 0 Å². The van der Waals surface area contributed by atoms with Crippen molar-refractivity contribution in [3.63, 3.8) is 0 Å². The molecule has 0 saturated heterocycles. The van der Waals surface area contributed by atoms with E-state index in [1.54, 1.807) is 11.3 Å². The summed E-state index contributed by atoms with van der Waals surface area (Å²) in [6.45, 7) is 0.172. The van der Waals surface area contributed by atoms with Crippen LogP contribution in [0.25, 0.3) is 10.2 Å². The van der Waals surface area contributed by atoms with Gasteiger partial charge in [0, 0.05) is 5.69 Å². The average Bonchev–Trinajstić information content (AvgIpc) is 2.92. The first-order valence-corrected chi connectivity index (χ1v) is 6.08. The summed E-state index contributed by atoms with van der Waals surface area (Å²) in [5.74, 6) is 0. The number of anilines is 2. The smallest absolute Gasteiger partial charge is 0.184 e. The van der Waals surface area contributed by atoms with Crippen LogP contribution >= 0.6 is 11.3 Å². The second kappa shape index (κ2) is 3.33. The van der Waals surface area contributed by atoms with E-state index in [-0.39, 0.29) is 12.1 Å². The van der Waals surface area contributed by atoms with Gasteiger partial charge in [-0.1, -0.05) is 11.3 Å². The van der Waals surface area contributed by atoms with E-state index < -0.39 is 0 Å². The molecule has 4 nitrogen and oxygen atoms in total. The van der Waals surface area contributed by atoms with Gasteiger partial charge in [0.2, 0.25) is 0 Å². The quantitative estimate of drug-likeness (QED) is 0.710. The number of nitrogens with one attached hydrogen (secondary N) is 1. The number of nitrogens with two attached hydrogens (primary N) is 1. The van der Waals surface area contributed by atoms with Gasteiger partial charge in [0.05, 0.1) is 22.4 Å². The minimum atomic E-state index is -0.112. The molecule has 4 N–H and O–H groups in total. The Morgan fingerprint density at radius 2 is 2.31 bits per heavy atom. The fraction of sp³-hybridized carbons (Fsp3) is 0.364. The van der Waals surface area contributed by atoms with Crippen LogP contribution < -0.4 is 11.1 Å². The molecule has 84 valence electrons. The number of aromatic nitrogens is 1. The minimum Gasteiger partial charge on any atom is -0.399 e. The Morgan fingerprint density at radius 1 is 1.50 bits per heavy atom. The third kappa shape index (κ3) is 1.62. The maximum atomic E-state index is 9.23. The molecule has 0 bridgehead atoms. The first-order chi connectivity index (χ1) is 7.71. The lowest BCUT2D eigenvalue weighted by Crippen LogP contribution is -2.25. The second-order valence-electron chi connectivity index (χ2n) is 4.31. The lowest BCUT2D eigenvalue weighted by atomic mass is 10.3. The predicted octanol–water partition coefficient (Wildman–Crippen LogP) is 1.82. The molecule has 1 aliphatic rings. The molecule has 0 aliphatic heterocycles. The summed E-state index contributed by atoms with van der Waals surface area (Å²) in [6, 6.07) is 5.70. The van der Waals surface area contributed by atoms with Crippen molar-refractivity contribution in [3.8, 4) is 0 Å². The molecule has 0 atom stereocenters. The van der Waals surface area contributed by atoms with Crippen LogP contribution in [0.15, 0.2) is 18.2 Å². The summed E-state index contributed by atoms with van der Waals surface area (Å²) >= 11 is 1.58. The molecular weight excluding hydrogens is 222 g/mol. The molecule has 16 heavy (non-hydrogen) atoms. The van der Waals surface area contributed by atoms with Gasteiger partial charge in [-0.15, -0.1) is 0 Å². The average molecular weight is 235 g/mol. The van der Waals surface area contributed by atoms with E-state index in [1.807, 2.05) is 18.2 Å². The molecule has 3 rings (SSSR count). The summed E-state index contributed by atoms with van der Waals surface area (Å²) in [7, 11) is 0. The number of aliphatic hydroxyl groups is 1. The zero-order valence-corrected chi connectivity index (χ0v) is 9.55. The Bertz CT molecular complexity index is 533. The van der Waals surface area contributed by atoms with E-state index >= 15 is 0 Å². The van der Waals surface area contributed by atoms with Crippen molar-refractivity contribution in [2.45, 2.75) is 18.4 Å². The summed E-state index contributed by atoms with van der Waals surface area (Å²) < 4.78 is 1.08. The van der Waals surface area contributed by atoms with E-state index in [4.69, 9.17) is 5.73 Å². The van der Waals surface area contributed by atoms with Gasteiger partial charge in [-0.2, -0.15) is 0 Å². The molecule has 0 amide bonds. The highest BCUT2D eigenvalue weighted by atomic mass is 32.1. The number of hydrogen-bond donors (Lipinski definition) is 3. The van der Waals surface area contributed by atoms with Gasteiger partial charge in [0.1, 0.15) is 0 Å². The first kappa shape index (κ1) is 9.86. The van der Waals surface area contributed by atoms with Crippen LogP contribution in [-0.2, 0) is 0 Å². The Kier molecular flexibility index (Phi) is 2.05. The molecule has 1 aromatic heterocycles. The highest BCUT2D eigenvalue weighted by molar-refractivity contribution is 7.22. The Hall–Kier alpha value is -1.33. The second-order valence-corrected chi connectivity index (χ2v) is 5.34. The molecule has 1 saturated carbocycles. The number of nitrogens with zero attached hydrogens (tertiary/aromatic N) is 1. The van der Waals surface area contributed by atoms with Gasteiger partial charge in [0.15, 0.2) is 5.13 Å². The van der Waals surface area contributed by atoms with E-state index in [1.165, 1.54) is 0 Å². The third-order valence-electron chi connectivity index (χ3n) is 2.94. The molecule has 5 heteroatoms. The molecule has 1 fully saturated rings. The van der Waals surface area contributed by atoms with Gasteiger partial charge in [0.25, 0.3) is 0 Å². The van der Waals surface area contributed by atoms with Gasteiger partial charge >= 0.3 is 0 Å². The van der Waals surface area contributed by atoms with Crippen molar-refractivity contribution in [2.75, 3.05) is 17.7 Å². The third-order valence-corrected chi connectivity index (χ3v) is 3.87. The van der Waals surface area contributed by atoms with E-state index in [0.29, 0.717) is 0 Å². The summed E-state index contributed by atoms with van der Waals surface area (Å²) in [4.78, 5) is 4.47. The van der Waals surface area contributed by atoms with Crippen molar-refractivity contribution >= 4 is 32.4 Å². The van der Waals surface area contributed by atoms with Crippen molar-refractivity contribution in [1.82, 2.24) is 4.98 Å². The van der Waals surface area contributed by atoms with Gasteiger partial charge in [-0.25, -0.2) is 4.98 Å². The number of thiazole rings is 1. The maximum Gasteiger partial charge on any atom is 0.184 e. The largest absolute Gasteiger partial charge is 0.399 e. The van der Waals surface area contributed by atoms with Crippen LogP contribution in [0.5, 0.6) is 0 Å². The number of aliphatic hydroxyl groups excluding tert-OH is 1. The highest BCUT2D eigenvalue weighted by Gasteiger charge is 2.42. The van der Waals surface area contributed by atoms with Gasteiger partial charge in [-0.05, 0) is 31.0 Å². The van der Waals surface area contributed by atoms with E-state index in [2.05, 4.69) is 10.3 Å². The molecule has 0 radical (unpaired) electrons. The van der Waals surface area contributed by atoms with Crippen molar-refractivity contribution in [2.24, 2.45) is 0 Å². The zero-order chi connectivity index (χ0) is 11.2. The van der Waals surface area contributed by atoms with Crippen LogP contribution in [-0.4, -0.2) is 22.2 Å². The molecular formula is C11H13N3OS. The van der Waals surface area contributed by atoms with Gasteiger partial charge < -0.3 is 16.2 Å². The molecule has 1 heterocycles.